The Kier molecular flexibility index (Phi) is 12.3. The SMILES string of the molecule is CCCN1CC(C)CC(C)CC(C)CC(C)C(=O)OC(ON)(OC2CCCCO2)C(C)CC1C. The molecule has 7 heteroatoms. The lowest BCUT2D eigenvalue weighted by atomic mass is 9.85. The standard InChI is InChI=1S/C27H52N2O5/c1-8-12-29-18-21(4)15-19(2)14-20(3)16-22(5)26(30)33-27(34-28,23(6)17-24(29)7)32-25-11-9-10-13-31-25/h19-25H,8-18,28H2,1-7H3. The molecule has 0 aromatic carbocycles. The number of hydrogen-bond donors (Lipinski definition) is 1. The van der Waals surface area contributed by atoms with Crippen molar-refractivity contribution in [2.45, 2.75) is 118 Å². The van der Waals surface area contributed by atoms with Crippen molar-refractivity contribution in [3.63, 3.8) is 0 Å². The third-order valence-electron chi connectivity index (χ3n) is 7.59. The second-order valence-electron chi connectivity index (χ2n) is 11.5. The van der Waals surface area contributed by atoms with Gasteiger partial charge >= 0.3 is 11.9 Å². The van der Waals surface area contributed by atoms with E-state index in [9.17, 15) is 4.79 Å². The number of rotatable bonds is 5. The quantitative estimate of drug-likeness (QED) is 0.315. The number of ether oxygens (including phenoxy) is 3. The minimum Gasteiger partial charge on any atom is -0.406 e. The van der Waals surface area contributed by atoms with E-state index in [4.69, 9.17) is 24.9 Å². The van der Waals surface area contributed by atoms with E-state index in [1.54, 1.807) is 0 Å². The van der Waals surface area contributed by atoms with E-state index in [-0.39, 0.29) is 23.8 Å². The zero-order valence-corrected chi connectivity index (χ0v) is 22.9. The Labute approximate surface area is 208 Å². The second-order valence-corrected chi connectivity index (χ2v) is 11.5. The summed E-state index contributed by atoms with van der Waals surface area (Å²) < 4.78 is 18.1. The van der Waals surface area contributed by atoms with Crippen LogP contribution in [0, 0.1) is 29.6 Å². The van der Waals surface area contributed by atoms with Crippen molar-refractivity contribution in [3.8, 4) is 0 Å². The fourth-order valence-electron chi connectivity index (χ4n) is 5.96. The van der Waals surface area contributed by atoms with Gasteiger partial charge in [-0.15, -0.1) is 0 Å². The van der Waals surface area contributed by atoms with Gasteiger partial charge in [0.25, 0.3) is 0 Å². The van der Waals surface area contributed by atoms with Crippen molar-refractivity contribution >= 4 is 5.97 Å². The van der Waals surface area contributed by atoms with Crippen LogP contribution in [-0.4, -0.2) is 48.9 Å². The first-order valence-corrected chi connectivity index (χ1v) is 13.7. The maximum atomic E-state index is 13.3. The monoisotopic (exact) mass is 484 g/mol. The van der Waals surface area contributed by atoms with Crippen LogP contribution in [0.25, 0.3) is 0 Å². The zero-order chi connectivity index (χ0) is 25.3. The van der Waals surface area contributed by atoms with Crippen LogP contribution < -0.4 is 5.90 Å². The van der Waals surface area contributed by atoms with Crippen molar-refractivity contribution in [1.29, 1.82) is 0 Å². The van der Waals surface area contributed by atoms with Gasteiger partial charge in [-0.05, 0) is 82.6 Å². The topological polar surface area (TPSA) is 83.3 Å². The number of hydrogen-bond acceptors (Lipinski definition) is 7. The summed E-state index contributed by atoms with van der Waals surface area (Å²) in [7, 11) is 0. The molecule has 2 N–H and O–H groups in total. The summed E-state index contributed by atoms with van der Waals surface area (Å²) in [4.78, 5) is 21.2. The van der Waals surface area contributed by atoms with E-state index in [2.05, 4.69) is 39.5 Å². The van der Waals surface area contributed by atoms with Gasteiger partial charge in [0.2, 0.25) is 0 Å². The first-order chi connectivity index (χ1) is 16.1. The Morgan fingerprint density at radius 1 is 1.00 bits per heavy atom. The number of nitrogens with zero attached hydrogens (tertiary/aromatic N) is 1. The van der Waals surface area contributed by atoms with Gasteiger partial charge in [-0.2, -0.15) is 0 Å². The molecule has 200 valence electrons. The molecule has 8 atom stereocenters. The molecule has 0 saturated carbocycles. The first kappa shape index (κ1) is 29.5. The summed E-state index contributed by atoms with van der Waals surface area (Å²) >= 11 is 0. The average Bonchev–Trinajstić information content (AvgIpc) is 2.77. The van der Waals surface area contributed by atoms with Crippen molar-refractivity contribution in [3.05, 3.63) is 0 Å². The van der Waals surface area contributed by atoms with Crippen molar-refractivity contribution in [2.75, 3.05) is 19.7 Å². The van der Waals surface area contributed by atoms with Crippen LogP contribution in [0.1, 0.15) is 99.8 Å². The molecule has 2 rings (SSSR count). The van der Waals surface area contributed by atoms with Crippen molar-refractivity contribution < 1.29 is 23.8 Å². The summed E-state index contributed by atoms with van der Waals surface area (Å²) in [6, 6.07) is 0.262. The molecule has 7 nitrogen and oxygen atoms in total. The highest BCUT2D eigenvalue weighted by Crippen LogP contribution is 2.35. The zero-order valence-electron chi connectivity index (χ0n) is 22.9. The minimum absolute atomic E-state index is 0.262. The van der Waals surface area contributed by atoms with Gasteiger partial charge in [0.15, 0.2) is 6.29 Å². The molecule has 0 spiro atoms. The molecule has 0 amide bonds. The lowest BCUT2D eigenvalue weighted by Crippen LogP contribution is -2.53. The lowest BCUT2D eigenvalue weighted by molar-refractivity contribution is -0.429. The summed E-state index contributed by atoms with van der Waals surface area (Å²) in [6.07, 6.45) is 7.13. The number of cyclic esters (lactones) is 1. The molecule has 34 heavy (non-hydrogen) atoms. The number of carbonyl (C=O) groups excluding carboxylic acids is 1. The predicted octanol–water partition coefficient (Wildman–Crippen LogP) is 5.47. The van der Waals surface area contributed by atoms with Gasteiger partial charge in [0.05, 0.1) is 11.8 Å². The molecule has 8 unspecified atom stereocenters. The fraction of sp³-hybridized carbons (Fsp3) is 0.963. The average molecular weight is 485 g/mol. The Morgan fingerprint density at radius 3 is 2.29 bits per heavy atom. The molecule has 0 aromatic heterocycles. The number of nitrogens with two attached hydrogens (primary N) is 1. The fourth-order valence-corrected chi connectivity index (χ4v) is 5.96. The molecule has 0 aliphatic carbocycles. The maximum absolute atomic E-state index is 13.3. The molecule has 0 radical (unpaired) electrons. The molecule has 2 saturated heterocycles. The molecule has 0 bridgehead atoms. The van der Waals surface area contributed by atoms with Crippen LogP contribution in [0.15, 0.2) is 0 Å². The third kappa shape index (κ3) is 8.74. The Balaban J connectivity index is 2.34. The second kappa shape index (κ2) is 14.1. The summed E-state index contributed by atoms with van der Waals surface area (Å²) in [5, 5.41) is 0. The van der Waals surface area contributed by atoms with Crippen LogP contribution >= 0.6 is 0 Å². The molecular weight excluding hydrogens is 432 g/mol. The highest BCUT2D eigenvalue weighted by Gasteiger charge is 2.47. The van der Waals surface area contributed by atoms with Gasteiger partial charge in [0.1, 0.15) is 0 Å². The normalized spacial score (nSPS) is 40.2. The van der Waals surface area contributed by atoms with Crippen LogP contribution in [0.3, 0.4) is 0 Å². The summed E-state index contributed by atoms with van der Waals surface area (Å²) in [5.41, 5.74) is 0. The molecule has 2 aliphatic heterocycles. The van der Waals surface area contributed by atoms with Crippen LogP contribution in [0.5, 0.6) is 0 Å². The van der Waals surface area contributed by atoms with Crippen LogP contribution in [0.4, 0.5) is 0 Å². The largest absolute Gasteiger partial charge is 0.406 e. The number of esters is 1. The van der Waals surface area contributed by atoms with Crippen molar-refractivity contribution in [1.82, 2.24) is 4.90 Å². The van der Waals surface area contributed by atoms with Gasteiger partial charge in [-0.3, -0.25) is 9.53 Å². The summed E-state index contributed by atoms with van der Waals surface area (Å²) in [5.74, 6) is 4.97. The highest BCUT2D eigenvalue weighted by molar-refractivity contribution is 5.72. The van der Waals surface area contributed by atoms with Gasteiger partial charge < -0.3 is 14.4 Å². The number of carbonyl (C=O) groups is 1. The minimum atomic E-state index is -1.66. The molecular formula is C27H52N2O5. The van der Waals surface area contributed by atoms with E-state index in [0.717, 1.165) is 58.0 Å². The van der Waals surface area contributed by atoms with E-state index >= 15 is 0 Å². The smallest absolute Gasteiger partial charge is 0.349 e. The summed E-state index contributed by atoms with van der Waals surface area (Å²) in [6.45, 7) is 18.0. The molecule has 2 aliphatic rings. The Morgan fingerprint density at radius 2 is 1.68 bits per heavy atom. The Bertz CT molecular complexity index is 600. The molecule has 0 aromatic rings. The predicted molar refractivity (Wildman–Crippen MR) is 134 cm³/mol. The van der Waals surface area contributed by atoms with E-state index in [0.29, 0.717) is 24.4 Å². The van der Waals surface area contributed by atoms with E-state index in [1.807, 2.05) is 13.8 Å². The van der Waals surface area contributed by atoms with Crippen LogP contribution in [-0.2, 0) is 23.8 Å². The van der Waals surface area contributed by atoms with E-state index in [1.165, 1.54) is 6.42 Å². The molecule has 2 fully saturated rings. The third-order valence-corrected chi connectivity index (χ3v) is 7.59. The lowest BCUT2D eigenvalue weighted by Gasteiger charge is -2.41. The van der Waals surface area contributed by atoms with Crippen molar-refractivity contribution in [2.24, 2.45) is 35.5 Å². The van der Waals surface area contributed by atoms with Gasteiger partial charge in [-0.25, -0.2) is 10.7 Å². The maximum Gasteiger partial charge on any atom is 0.349 e. The van der Waals surface area contributed by atoms with E-state index < -0.39 is 12.3 Å². The highest BCUT2D eigenvalue weighted by atomic mass is 16.9. The van der Waals surface area contributed by atoms with Gasteiger partial charge in [-0.1, -0.05) is 41.5 Å². The van der Waals surface area contributed by atoms with Crippen LogP contribution in [0.2, 0.25) is 0 Å². The Hall–Kier alpha value is -0.730. The molecule has 2 heterocycles. The van der Waals surface area contributed by atoms with Gasteiger partial charge in [0, 0.05) is 19.2 Å². The first-order valence-electron chi connectivity index (χ1n) is 13.7.